The van der Waals surface area contributed by atoms with Crippen molar-refractivity contribution in [3.8, 4) is 0 Å². The van der Waals surface area contributed by atoms with Crippen molar-refractivity contribution in [2.24, 2.45) is 5.11 Å². The minimum absolute atomic E-state index is 0.351. The fraction of sp³-hybridized carbons (Fsp3) is 0.800. The summed E-state index contributed by atoms with van der Waals surface area (Å²) in [4.78, 5) is 2.87. The third-order valence-corrected chi connectivity index (χ3v) is 7.06. The summed E-state index contributed by atoms with van der Waals surface area (Å²) in [5.74, 6) is 0. The van der Waals surface area contributed by atoms with E-state index in [1.54, 1.807) is 18.2 Å². The zero-order chi connectivity index (χ0) is 28.5. The molecule has 2 unspecified atom stereocenters. The van der Waals surface area contributed by atoms with Crippen LogP contribution in [-0.4, -0.2) is 68.7 Å². The number of azide groups is 1. The summed E-state index contributed by atoms with van der Waals surface area (Å²) in [7, 11) is 0. The summed E-state index contributed by atoms with van der Waals surface area (Å²) in [6, 6.07) is 5.27. The van der Waals surface area contributed by atoms with Crippen LogP contribution in [0.4, 0.5) is 5.69 Å². The number of benzene rings is 1. The number of rotatable bonds is 20. The molecule has 1 aromatic rings. The molecule has 0 radical (unpaired) electrons. The molecule has 1 fully saturated rings. The zero-order valence-electron chi connectivity index (χ0n) is 24.7. The van der Waals surface area contributed by atoms with Crippen LogP contribution >= 0.6 is 0 Å². The summed E-state index contributed by atoms with van der Waals surface area (Å²) in [6.07, 6.45) is 4.38. The second-order valence-corrected chi connectivity index (χ2v) is 10.3. The first-order valence-corrected chi connectivity index (χ1v) is 14.9. The smallest absolute Gasteiger partial charge is 0.117 e. The monoisotopic (exact) mass is 549 g/mol. The Labute approximate surface area is 235 Å². The second-order valence-electron chi connectivity index (χ2n) is 10.3. The van der Waals surface area contributed by atoms with E-state index in [1.807, 2.05) is 6.92 Å². The lowest BCUT2D eigenvalue weighted by molar-refractivity contribution is -0.281. The molecule has 222 valence electrons. The highest BCUT2D eigenvalue weighted by molar-refractivity contribution is 5.44. The van der Waals surface area contributed by atoms with Gasteiger partial charge in [0.1, 0.15) is 36.6 Å². The fourth-order valence-electron chi connectivity index (χ4n) is 4.73. The number of aliphatic hydroxyl groups excluding tert-OH is 1. The highest BCUT2D eigenvalue weighted by Crippen LogP contribution is 2.37. The van der Waals surface area contributed by atoms with Gasteiger partial charge < -0.3 is 28.8 Å². The lowest BCUT2D eigenvalue weighted by atomic mass is 9.88. The van der Waals surface area contributed by atoms with Crippen LogP contribution in [0.2, 0.25) is 0 Å². The molecule has 0 aliphatic carbocycles. The third kappa shape index (κ3) is 10.7. The van der Waals surface area contributed by atoms with Crippen LogP contribution in [0.15, 0.2) is 23.3 Å². The highest BCUT2D eigenvalue weighted by Gasteiger charge is 2.50. The summed E-state index contributed by atoms with van der Waals surface area (Å²) >= 11 is 0. The van der Waals surface area contributed by atoms with Crippen LogP contribution in [0.25, 0.3) is 10.4 Å². The SMILES string of the molecule is CCCCOCC1O[C@H]([C@H](O)c2ccc(N=[N+]=[N-])cc2C)C(OCCCC)[C@@H](OCCCC)[C@@H]1OCCCC. The molecule has 1 heterocycles. The standard InChI is InChI=1S/C30H51N3O6/c1-6-10-16-35-21-25-27(36-17-11-7-2)29(37-18-12-8-3)30(38-19-13-9-4)28(39-25)26(34)24-15-14-23(32-33-31)20-22(24)5/h14-15,20,25-30,34H,6-13,16-19,21H2,1-5H3/t25?,26-,27-,28-,29+,30?/m1/s1. The van der Waals surface area contributed by atoms with Crippen LogP contribution in [-0.2, 0) is 23.7 Å². The van der Waals surface area contributed by atoms with Gasteiger partial charge in [0.05, 0.1) is 6.61 Å². The van der Waals surface area contributed by atoms with Gasteiger partial charge in [-0.25, -0.2) is 0 Å². The van der Waals surface area contributed by atoms with E-state index in [0.29, 0.717) is 44.3 Å². The van der Waals surface area contributed by atoms with E-state index in [-0.39, 0.29) is 6.10 Å². The van der Waals surface area contributed by atoms with Crippen molar-refractivity contribution in [3.63, 3.8) is 0 Å². The van der Waals surface area contributed by atoms with Gasteiger partial charge in [-0.1, -0.05) is 70.6 Å². The van der Waals surface area contributed by atoms with Crippen LogP contribution in [0.5, 0.6) is 0 Å². The van der Waals surface area contributed by atoms with E-state index in [1.165, 1.54) is 0 Å². The molecule has 0 bridgehead atoms. The second kappa shape index (κ2) is 19.4. The molecule has 1 aliphatic rings. The van der Waals surface area contributed by atoms with Gasteiger partial charge in [-0.3, -0.25) is 0 Å². The molecule has 0 spiro atoms. The molecule has 0 aromatic heterocycles. The normalized spacial score (nSPS) is 23.9. The molecule has 1 N–H and O–H groups in total. The van der Waals surface area contributed by atoms with Crippen LogP contribution < -0.4 is 0 Å². The first-order chi connectivity index (χ1) is 19.0. The molecular formula is C30H51N3O6. The highest BCUT2D eigenvalue weighted by atomic mass is 16.6. The minimum Gasteiger partial charge on any atom is -0.386 e. The van der Waals surface area contributed by atoms with Gasteiger partial charge in [0.15, 0.2) is 0 Å². The molecule has 9 nitrogen and oxygen atoms in total. The first kappa shape index (κ1) is 33.5. The maximum absolute atomic E-state index is 11.7. The van der Waals surface area contributed by atoms with Gasteiger partial charge in [0, 0.05) is 37.0 Å². The summed E-state index contributed by atoms with van der Waals surface area (Å²) in [5.41, 5.74) is 10.8. The minimum atomic E-state index is -0.983. The van der Waals surface area contributed by atoms with Gasteiger partial charge in [-0.15, -0.1) is 0 Å². The Morgan fingerprint density at radius 2 is 1.44 bits per heavy atom. The Morgan fingerprint density at radius 1 is 0.872 bits per heavy atom. The number of nitrogens with zero attached hydrogens (tertiary/aromatic N) is 3. The third-order valence-electron chi connectivity index (χ3n) is 7.06. The van der Waals surface area contributed by atoms with E-state index in [9.17, 15) is 5.11 Å². The number of hydrogen-bond donors (Lipinski definition) is 1. The molecule has 39 heavy (non-hydrogen) atoms. The molecule has 2 rings (SSSR count). The van der Waals surface area contributed by atoms with Crippen molar-refractivity contribution in [2.75, 3.05) is 33.0 Å². The van der Waals surface area contributed by atoms with Crippen molar-refractivity contribution < 1.29 is 28.8 Å². The first-order valence-electron chi connectivity index (χ1n) is 14.9. The number of ether oxygens (including phenoxy) is 5. The summed E-state index contributed by atoms with van der Waals surface area (Å²) < 4.78 is 32.1. The number of aryl methyl sites for hydroxylation is 1. The predicted octanol–water partition coefficient (Wildman–Crippen LogP) is 7.11. The fourth-order valence-corrected chi connectivity index (χ4v) is 4.73. The van der Waals surface area contributed by atoms with Crippen molar-refractivity contribution >= 4 is 5.69 Å². The van der Waals surface area contributed by atoms with E-state index >= 15 is 0 Å². The van der Waals surface area contributed by atoms with Gasteiger partial charge in [-0.2, -0.15) is 0 Å². The zero-order valence-corrected chi connectivity index (χ0v) is 24.7. The molecule has 0 amide bonds. The number of hydrogen-bond acceptors (Lipinski definition) is 7. The quantitative estimate of drug-likeness (QED) is 0.0802. The summed E-state index contributed by atoms with van der Waals surface area (Å²) in [6.45, 7) is 13.1. The van der Waals surface area contributed by atoms with Crippen LogP contribution in [0, 0.1) is 6.92 Å². The Bertz CT molecular complexity index is 850. The number of aliphatic hydroxyl groups is 1. The average molecular weight is 550 g/mol. The molecule has 0 saturated carbocycles. The van der Waals surface area contributed by atoms with Crippen LogP contribution in [0.1, 0.15) is 96.3 Å². The molecule has 1 aliphatic heterocycles. The molecule has 9 heteroatoms. The summed E-state index contributed by atoms with van der Waals surface area (Å²) in [5, 5.41) is 15.4. The maximum atomic E-state index is 11.7. The van der Waals surface area contributed by atoms with E-state index in [2.05, 4.69) is 37.7 Å². The van der Waals surface area contributed by atoms with E-state index in [0.717, 1.165) is 56.9 Å². The molecule has 6 atom stereocenters. The maximum Gasteiger partial charge on any atom is 0.117 e. The molecule has 1 aromatic carbocycles. The Balaban J connectivity index is 2.45. The Morgan fingerprint density at radius 3 is 2.00 bits per heavy atom. The topological polar surface area (TPSA) is 115 Å². The van der Waals surface area contributed by atoms with Crippen molar-refractivity contribution in [1.29, 1.82) is 0 Å². The Kier molecular flexibility index (Phi) is 16.6. The Hall–Kier alpha value is -1.71. The van der Waals surface area contributed by atoms with E-state index < -0.39 is 30.5 Å². The molecule has 1 saturated heterocycles. The lowest BCUT2D eigenvalue weighted by Gasteiger charge is -2.47. The van der Waals surface area contributed by atoms with Gasteiger partial charge in [0.2, 0.25) is 0 Å². The van der Waals surface area contributed by atoms with Crippen molar-refractivity contribution in [3.05, 3.63) is 39.8 Å². The number of unbranched alkanes of at least 4 members (excludes halogenated alkanes) is 4. The van der Waals surface area contributed by atoms with Crippen molar-refractivity contribution in [1.82, 2.24) is 0 Å². The van der Waals surface area contributed by atoms with Crippen molar-refractivity contribution in [2.45, 2.75) is 123 Å². The van der Waals surface area contributed by atoms with Gasteiger partial charge >= 0.3 is 0 Å². The lowest BCUT2D eigenvalue weighted by Crippen LogP contribution is -2.62. The van der Waals surface area contributed by atoms with Crippen LogP contribution in [0.3, 0.4) is 0 Å². The van der Waals surface area contributed by atoms with Gasteiger partial charge in [-0.05, 0) is 55.3 Å². The average Bonchev–Trinajstić information content (AvgIpc) is 2.93. The molecular weight excluding hydrogens is 498 g/mol. The predicted molar refractivity (Wildman–Crippen MR) is 153 cm³/mol. The largest absolute Gasteiger partial charge is 0.386 e. The van der Waals surface area contributed by atoms with E-state index in [4.69, 9.17) is 29.2 Å². The van der Waals surface area contributed by atoms with Gasteiger partial charge in [0.25, 0.3) is 0 Å².